The fourth-order valence-corrected chi connectivity index (χ4v) is 2.21. The molecule has 16 heavy (non-hydrogen) atoms. The summed E-state index contributed by atoms with van der Waals surface area (Å²) in [6, 6.07) is 0.299. The van der Waals surface area contributed by atoms with Crippen LogP contribution in [-0.4, -0.2) is 28.4 Å². The van der Waals surface area contributed by atoms with Gasteiger partial charge in [-0.05, 0) is 26.0 Å². The number of rotatable bonds is 3. The molecule has 86 valence electrons. The summed E-state index contributed by atoms with van der Waals surface area (Å²) in [5.74, 6) is -0.368. The molecular weight excluding hydrogens is 206 g/mol. The molecule has 1 heterocycles. The molecule has 0 saturated heterocycles. The molecule has 1 unspecified atom stereocenters. The number of hydrogen-bond acceptors (Lipinski definition) is 4. The van der Waals surface area contributed by atoms with E-state index >= 15 is 0 Å². The van der Waals surface area contributed by atoms with E-state index in [-0.39, 0.29) is 23.5 Å². The highest BCUT2D eigenvalue weighted by molar-refractivity contribution is 5.96. The van der Waals surface area contributed by atoms with Crippen molar-refractivity contribution in [2.24, 2.45) is 10.7 Å². The van der Waals surface area contributed by atoms with Gasteiger partial charge in [-0.1, -0.05) is 0 Å². The molecular formula is C10H15N5O. The number of amides is 1. The Bertz CT molecular complexity index is 425. The SMILES string of the molecule is C=N[C@H]1CCCC1n1cc(C(N)=O)c(N)n1. The third-order valence-corrected chi connectivity index (χ3v) is 3.04. The van der Waals surface area contributed by atoms with Crippen LogP contribution in [0, 0.1) is 0 Å². The number of nitrogen functional groups attached to an aromatic ring is 1. The Morgan fingerprint density at radius 2 is 2.38 bits per heavy atom. The van der Waals surface area contributed by atoms with Gasteiger partial charge in [-0.25, -0.2) is 0 Å². The maximum atomic E-state index is 11.1. The third-order valence-electron chi connectivity index (χ3n) is 3.04. The van der Waals surface area contributed by atoms with Crippen LogP contribution in [0.25, 0.3) is 0 Å². The molecule has 1 aromatic rings. The summed E-state index contributed by atoms with van der Waals surface area (Å²) in [7, 11) is 0. The summed E-state index contributed by atoms with van der Waals surface area (Å²) >= 11 is 0. The van der Waals surface area contributed by atoms with E-state index in [1.54, 1.807) is 10.9 Å². The lowest BCUT2D eigenvalue weighted by atomic mass is 10.2. The first kappa shape index (κ1) is 10.7. The molecule has 6 nitrogen and oxygen atoms in total. The second-order valence-electron chi connectivity index (χ2n) is 4.02. The standard InChI is InChI=1S/C10H15N5O/c1-13-7-3-2-4-8(7)15-5-6(10(12)16)9(11)14-15/h5,7-8H,1-4H2,(H2,11,14)(H2,12,16)/t7-,8?/m0/s1. The van der Waals surface area contributed by atoms with Crippen molar-refractivity contribution >= 4 is 18.4 Å². The van der Waals surface area contributed by atoms with Crippen LogP contribution in [0.3, 0.4) is 0 Å². The lowest BCUT2D eigenvalue weighted by Gasteiger charge is -2.15. The van der Waals surface area contributed by atoms with E-state index in [1.165, 1.54) is 0 Å². The van der Waals surface area contributed by atoms with Crippen LogP contribution >= 0.6 is 0 Å². The van der Waals surface area contributed by atoms with Crippen LogP contribution in [0.2, 0.25) is 0 Å². The number of nitrogens with zero attached hydrogens (tertiary/aromatic N) is 3. The molecule has 0 aromatic carbocycles. The number of carbonyl (C=O) groups is 1. The largest absolute Gasteiger partial charge is 0.382 e. The molecule has 2 rings (SSSR count). The average molecular weight is 221 g/mol. The molecule has 1 amide bonds. The summed E-state index contributed by atoms with van der Waals surface area (Å²) < 4.78 is 1.70. The molecule has 1 saturated carbocycles. The summed E-state index contributed by atoms with van der Waals surface area (Å²) in [4.78, 5) is 15.1. The Morgan fingerprint density at radius 3 is 2.94 bits per heavy atom. The summed E-state index contributed by atoms with van der Waals surface area (Å²) in [5.41, 5.74) is 11.1. The maximum Gasteiger partial charge on any atom is 0.254 e. The van der Waals surface area contributed by atoms with Crippen molar-refractivity contribution in [3.8, 4) is 0 Å². The smallest absolute Gasteiger partial charge is 0.254 e. The first-order valence-corrected chi connectivity index (χ1v) is 5.23. The minimum Gasteiger partial charge on any atom is -0.382 e. The summed E-state index contributed by atoms with van der Waals surface area (Å²) in [5, 5.41) is 4.12. The highest BCUT2D eigenvalue weighted by Gasteiger charge is 2.29. The Morgan fingerprint density at radius 1 is 1.62 bits per heavy atom. The average Bonchev–Trinajstić information content (AvgIpc) is 2.82. The van der Waals surface area contributed by atoms with Crippen LogP contribution in [0.15, 0.2) is 11.2 Å². The predicted molar refractivity (Wildman–Crippen MR) is 61.4 cm³/mol. The van der Waals surface area contributed by atoms with Crippen LogP contribution < -0.4 is 11.5 Å². The van der Waals surface area contributed by atoms with Crippen molar-refractivity contribution in [2.45, 2.75) is 31.3 Å². The van der Waals surface area contributed by atoms with Gasteiger partial charge in [0, 0.05) is 6.20 Å². The van der Waals surface area contributed by atoms with Crippen molar-refractivity contribution in [2.75, 3.05) is 5.73 Å². The van der Waals surface area contributed by atoms with Gasteiger partial charge in [-0.15, -0.1) is 0 Å². The zero-order chi connectivity index (χ0) is 11.7. The third kappa shape index (κ3) is 1.66. The van der Waals surface area contributed by atoms with Crippen LogP contribution in [-0.2, 0) is 0 Å². The Labute approximate surface area is 93.3 Å². The van der Waals surface area contributed by atoms with Gasteiger partial charge in [0.2, 0.25) is 0 Å². The number of aliphatic imine (C=N–C) groups is 1. The first-order valence-electron chi connectivity index (χ1n) is 5.23. The topological polar surface area (TPSA) is 99.3 Å². The number of primary amides is 1. The molecule has 4 N–H and O–H groups in total. The molecule has 1 aromatic heterocycles. The van der Waals surface area contributed by atoms with Gasteiger partial charge < -0.3 is 11.5 Å². The highest BCUT2D eigenvalue weighted by Crippen LogP contribution is 2.32. The zero-order valence-corrected chi connectivity index (χ0v) is 8.97. The van der Waals surface area contributed by atoms with E-state index in [1.807, 2.05) is 0 Å². The number of anilines is 1. The van der Waals surface area contributed by atoms with Gasteiger partial charge in [0.25, 0.3) is 5.91 Å². The van der Waals surface area contributed by atoms with E-state index in [0.29, 0.717) is 0 Å². The highest BCUT2D eigenvalue weighted by atomic mass is 16.1. The van der Waals surface area contributed by atoms with Crippen molar-refractivity contribution < 1.29 is 4.79 Å². The Hall–Kier alpha value is -1.85. The fourth-order valence-electron chi connectivity index (χ4n) is 2.21. The molecule has 2 atom stereocenters. The summed E-state index contributed by atoms with van der Waals surface area (Å²) in [6.07, 6.45) is 4.66. The first-order chi connectivity index (χ1) is 7.63. The van der Waals surface area contributed by atoms with E-state index in [2.05, 4.69) is 16.8 Å². The summed E-state index contributed by atoms with van der Waals surface area (Å²) in [6.45, 7) is 3.57. The van der Waals surface area contributed by atoms with Crippen molar-refractivity contribution in [3.05, 3.63) is 11.8 Å². The molecule has 0 spiro atoms. The van der Waals surface area contributed by atoms with Gasteiger partial charge in [0.1, 0.15) is 5.56 Å². The maximum absolute atomic E-state index is 11.1. The number of nitrogens with two attached hydrogens (primary N) is 2. The van der Waals surface area contributed by atoms with E-state index in [0.717, 1.165) is 19.3 Å². The molecule has 1 aliphatic carbocycles. The number of carbonyl (C=O) groups excluding carboxylic acids is 1. The van der Waals surface area contributed by atoms with Gasteiger partial charge in [-0.2, -0.15) is 5.10 Å². The van der Waals surface area contributed by atoms with Gasteiger partial charge in [-0.3, -0.25) is 14.5 Å². The lowest BCUT2D eigenvalue weighted by molar-refractivity contribution is 0.100. The minimum absolute atomic E-state index is 0.146. The second-order valence-corrected chi connectivity index (χ2v) is 4.02. The molecule has 0 bridgehead atoms. The van der Waals surface area contributed by atoms with E-state index in [4.69, 9.17) is 11.5 Å². The van der Waals surface area contributed by atoms with Gasteiger partial charge in [0.15, 0.2) is 5.82 Å². The van der Waals surface area contributed by atoms with E-state index in [9.17, 15) is 4.79 Å². The predicted octanol–water partition coefficient (Wildman–Crippen LogP) is 0.358. The Kier molecular flexibility index (Phi) is 2.64. The Balaban J connectivity index is 2.30. The number of aromatic nitrogens is 2. The molecule has 0 radical (unpaired) electrons. The molecule has 1 aliphatic rings. The van der Waals surface area contributed by atoms with Crippen molar-refractivity contribution in [1.29, 1.82) is 0 Å². The van der Waals surface area contributed by atoms with Crippen LogP contribution in [0.1, 0.15) is 35.7 Å². The minimum atomic E-state index is -0.551. The fraction of sp³-hybridized carbons (Fsp3) is 0.500. The lowest BCUT2D eigenvalue weighted by Crippen LogP contribution is -2.17. The van der Waals surface area contributed by atoms with Crippen LogP contribution in [0.4, 0.5) is 5.82 Å². The monoisotopic (exact) mass is 221 g/mol. The molecule has 1 fully saturated rings. The van der Waals surface area contributed by atoms with Gasteiger partial charge >= 0.3 is 0 Å². The quantitative estimate of drug-likeness (QED) is 0.720. The zero-order valence-electron chi connectivity index (χ0n) is 8.97. The second kappa shape index (κ2) is 3.96. The normalized spacial score (nSPS) is 24.5. The molecule has 6 heteroatoms. The van der Waals surface area contributed by atoms with Crippen LogP contribution in [0.5, 0.6) is 0 Å². The molecule has 0 aliphatic heterocycles. The van der Waals surface area contributed by atoms with Crippen molar-refractivity contribution in [3.63, 3.8) is 0 Å². The number of hydrogen-bond donors (Lipinski definition) is 2. The van der Waals surface area contributed by atoms with Crippen molar-refractivity contribution in [1.82, 2.24) is 9.78 Å². The van der Waals surface area contributed by atoms with E-state index < -0.39 is 5.91 Å². The van der Waals surface area contributed by atoms with Gasteiger partial charge in [0.05, 0.1) is 12.1 Å².